The minimum atomic E-state index is -0.356. The van der Waals surface area contributed by atoms with Gasteiger partial charge in [-0.1, -0.05) is 25.7 Å². The number of urea groups is 1. The highest BCUT2D eigenvalue weighted by molar-refractivity contribution is 5.98. The molecule has 2 aliphatic carbocycles. The Balaban J connectivity index is 1.51. The van der Waals surface area contributed by atoms with Crippen molar-refractivity contribution in [1.29, 1.82) is 0 Å². The Morgan fingerprint density at radius 2 is 1.67 bits per heavy atom. The van der Waals surface area contributed by atoms with Crippen molar-refractivity contribution in [1.82, 2.24) is 10.2 Å². The number of rotatable bonds is 4. The van der Waals surface area contributed by atoms with Gasteiger partial charge in [0.05, 0.1) is 12.3 Å². The van der Waals surface area contributed by atoms with E-state index in [1.807, 2.05) is 0 Å². The second kappa shape index (κ2) is 7.99. The lowest BCUT2D eigenvalue weighted by atomic mass is 9.81. The summed E-state index contributed by atoms with van der Waals surface area (Å²) < 4.78 is 5.59. The van der Waals surface area contributed by atoms with Gasteiger partial charge in [0.1, 0.15) is 6.10 Å². The predicted molar refractivity (Wildman–Crippen MR) is 88.2 cm³/mol. The van der Waals surface area contributed by atoms with Gasteiger partial charge < -0.3 is 9.64 Å². The van der Waals surface area contributed by atoms with Crippen molar-refractivity contribution in [3.05, 3.63) is 0 Å². The molecule has 6 nitrogen and oxygen atoms in total. The maximum absolute atomic E-state index is 12.1. The zero-order chi connectivity index (χ0) is 16.9. The number of esters is 1. The second-order valence-electron chi connectivity index (χ2n) is 7.30. The molecule has 2 saturated carbocycles. The van der Waals surface area contributed by atoms with Gasteiger partial charge in [0.15, 0.2) is 0 Å². The minimum absolute atomic E-state index is 0.0409. The number of hydrogen-bond donors (Lipinski definition) is 1. The molecule has 0 aromatic rings. The van der Waals surface area contributed by atoms with Gasteiger partial charge in [0, 0.05) is 12.6 Å². The van der Waals surface area contributed by atoms with Crippen LogP contribution in [0, 0.1) is 5.92 Å². The van der Waals surface area contributed by atoms with Gasteiger partial charge in [-0.2, -0.15) is 0 Å². The lowest BCUT2D eigenvalue weighted by Crippen LogP contribution is -2.61. The molecule has 0 aromatic heterocycles. The molecule has 0 bridgehead atoms. The average molecular weight is 336 g/mol. The van der Waals surface area contributed by atoms with E-state index < -0.39 is 0 Å². The molecule has 1 heterocycles. The van der Waals surface area contributed by atoms with Crippen LogP contribution in [-0.4, -0.2) is 41.5 Å². The lowest BCUT2D eigenvalue weighted by Gasteiger charge is -2.42. The molecule has 2 unspecified atom stereocenters. The third-order valence-electron chi connectivity index (χ3n) is 5.61. The first kappa shape index (κ1) is 17.2. The van der Waals surface area contributed by atoms with Crippen molar-refractivity contribution in [2.24, 2.45) is 5.92 Å². The molecule has 0 radical (unpaired) electrons. The first-order valence-electron chi connectivity index (χ1n) is 9.46. The topological polar surface area (TPSA) is 75.7 Å². The van der Waals surface area contributed by atoms with Crippen LogP contribution in [-0.2, 0) is 14.3 Å². The maximum atomic E-state index is 12.1. The zero-order valence-electron chi connectivity index (χ0n) is 14.3. The van der Waals surface area contributed by atoms with Crippen LogP contribution in [0.3, 0.4) is 0 Å². The summed E-state index contributed by atoms with van der Waals surface area (Å²) in [5, 5.41) is 2.44. The average Bonchev–Trinajstić information content (AvgIpc) is 2.83. The van der Waals surface area contributed by atoms with E-state index in [-0.39, 0.29) is 42.4 Å². The zero-order valence-corrected chi connectivity index (χ0v) is 14.3. The summed E-state index contributed by atoms with van der Waals surface area (Å²) >= 11 is 0. The molecule has 134 valence electrons. The van der Waals surface area contributed by atoms with Crippen molar-refractivity contribution in [3.63, 3.8) is 0 Å². The van der Waals surface area contributed by atoms with Crippen molar-refractivity contribution < 1.29 is 19.1 Å². The summed E-state index contributed by atoms with van der Waals surface area (Å²) in [4.78, 5) is 37.9. The SMILES string of the molecule is O=C(CCN1C(=O)NC(=O)C2CCCCC21)OC1CCCCCC1. The van der Waals surface area contributed by atoms with E-state index >= 15 is 0 Å². The van der Waals surface area contributed by atoms with E-state index in [2.05, 4.69) is 5.32 Å². The van der Waals surface area contributed by atoms with Gasteiger partial charge in [0.25, 0.3) is 0 Å². The Labute approximate surface area is 143 Å². The van der Waals surface area contributed by atoms with Gasteiger partial charge in [-0.3, -0.25) is 14.9 Å². The van der Waals surface area contributed by atoms with E-state index in [1.165, 1.54) is 12.8 Å². The number of fused-ring (bicyclic) bond motifs is 1. The van der Waals surface area contributed by atoms with Crippen molar-refractivity contribution >= 4 is 17.9 Å². The standard InChI is InChI=1S/C18H28N2O4/c21-16(24-13-7-3-1-2-4-8-13)11-12-20-15-10-6-5-9-14(15)17(22)19-18(20)23/h13-15H,1-12H2,(H,19,22,23). The highest BCUT2D eigenvalue weighted by Gasteiger charge is 2.42. The van der Waals surface area contributed by atoms with Crippen LogP contribution >= 0.6 is 0 Å². The van der Waals surface area contributed by atoms with Crippen LogP contribution < -0.4 is 5.32 Å². The molecule has 2 atom stereocenters. The molecule has 3 amide bonds. The Morgan fingerprint density at radius 3 is 2.42 bits per heavy atom. The van der Waals surface area contributed by atoms with Gasteiger partial charge in [-0.25, -0.2) is 4.79 Å². The van der Waals surface area contributed by atoms with E-state index in [9.17, 15) is 14.4 Å². The molecule has 24 heavy (non-hydrogen) atoms. The number of nitrogens with zero attached hydrogens (tertiary/aromatic N) is 1. The van der Waals surface area contributed by atoms with Crippen molar-refractivity contribution in [2.45, 2.75) is 82.8 Å². The Kier molecular flexibility index (Phi) is 5.74. The minimum Gasteiger partial charge on any atom is -0.462 e. The molecule has 6 heteroatoms. The predicted octanol–water partition coefficient (Wildman–Crippen LogP) is 2.75. The molecule has 0 aromatic carbocycles. The lowest BCUT2D eigenvalue weighted by molar-refractivity contribution is -0.150. The second-order valence-corrected chi connectivity index (χ2v) is 7.30. The van der Waals surface area contributed by atoms with E-state index in [1.54, 1.807) is 4.90 Å². The number of carbonyl (C=O) groups excluding carboxylic acids is 3. The van der Waals surface area contributed by atoms with Crippen molar-refractivity contribution in [3.8, 4) is 0 Å². The molecular formula is C18H28N2O4. The number of hydrogen-bond acceptors (Lipinski definition) is 4. The summed E-state index contributed by atoms with van der Waals surface area (Å²) in [5.41, 5.74) is 0. The van der Waals surface area contributed by atoms with Gasteiger partial charge in [0.2, 0.25) is 5.91 Å². The molecule has 1 aliphatic heterocycles. The van der Waals surface area contributed by atoms with Gasteiger partial charge in [-0.05, 0) is 38.5 Å². The van der Waals surface area contributed by atoms with E-state index in [0.717, 1.165) is 51.4 Å². The maximum Gasteiger partial charge on any atom is 0.324 e. The quantitative estimate of drug-likeness (QED) is 0.633. The van der Waals surface area contributed by atoms with Crippen molar-refractivity contribution in [2.75, 3.05) is 6.54 Å². The molecular weight excluding hydrogens is 308 g/mol. The van der Waals surface area contributed by atoms with Crippen LogP contribution in [0.2, 0.25) is 0 Å². The fourth-order valence-corrected chi connectivity index (χ4v) is 4.29. The summed E-state index contributed by atoms with van der Waals surface area (Å²) in [6.45, 7) is 0.339. The van der Waals surface area contributed by atoms with Crippen LogP contribution in [0.1, 0.15) is 70.6 Å². The third-order valence-corrected chi connectivity index (χ3v) is 5.61. The monoisotopic (exact) mass is 336 g/mol. The number of amides is 3. The Morgan fingerprint density at radius 1 is 1.00 bits per heavy atom. The highest BCUT2D eigenvalue weighted by Crippen LogP contribution is 2.31. The normalized spacial score (nSPS) is 28.8. The van der Waals surface area contributed by atoms with Crippen LogP contribution in [0.15, 0.2) is 0 Å². The van der Waals surface area contributed by atoms with Crippen LogP contribution in [0.25, 0.3) is 0 Å². The Hall–Kier alpha value is -1.59. The fraction of sp³-hybridized carbons (Fsp3) is 0.833. The van der Waals surface area contributed by atoms with Crippen LogP contribution in [0.5, 0.6) is 0 Å². The first-order valence-corrected chi connectivity index (χ1v) is 9.46. The number of carbonyl (C=O) groups is 3. The van der Waals surface area contributed by atoms with Crippen LogP contribution in [0.4, 0.5) is 4.79 Å². The third kappa shape index (κ3) is 4.08. The smallest absolute Gasteiger partial charge is 0.324 e. The van der Waals surface area contributed by atoms with E-state index in [4.69, 9.17) is 4.74 Å². The molecule has 1 N–H and O–H groups in total. The summed E-state index contributed by atoms with van der Waals surface area (Å²) in [7, 11) is 0. The largest absolute Gasteiger partial charge is 0.462 e. The fourth-order valence-electron chi connectivity index (χ4n) is 4.29. The Bertz CT molecular complexity index is 485. The molecule has 3 aliphatic rings. The summed E-state index contributed by atoms with van der Waals surface area (Å²) in [6, 6.07) is -0.406. The first-order chi connectivity index (χ1) is 11.6. The highest BCUT2D eigenvalue weighted by atomic mass is 16.5. The molecule has 0 spiro atoms. The molecule has 3 fully saturated rings. The van der Waals surface area contributed by atoms with Gasteiger partial charge >= 0.3 is 12.0 Å². The molecule has 1 saturated heterocycles. The van der Waals surface area contributed by atoms with Gasteiger partial charge in [-0.15, -0.1) is 0 Å². The van der Waals surface area contributed by atoms with E-state index in [0.29, 0.717) is 6.54 Å². The number of nitrogens with one attached hydrogen (secondary N) is 1. The number of imide groups is 1. The summed E-state index contributed by atoms with van der Waals surface area (Å²) in [6.07, 6.45) is 10.6. The number of ether oxygens (including phenoxy) is 1. The summed E-state index contributed by atoms with van der Waals surface area (Å²) in [5.74, 6) is -0.490. The molecule has 3 rings (SSSR count).